The van der Waals surface area contributed by atoms with E-state index in [9.17, 15) is 4.79 Å². The van der Waals surface area contributed by atoms with E-state index in [2.05, 4.69) is 53.9 Å². The Hall–Kier alpha value is -3.11. The van der Waals surface area contributed by atoms with Gasteiger partial charge in [-0.3, -0.25) is 14.8 Å². The van der Waals surface area contributed by atoms with Crippen LogP contribution in [-0.4, -0.2) is 40.1 Å². The minimum absolute atomic E-state index is 0.175. The molecule has 0 amide bonds. The third-order valence-electron chi connectivity index (χ3n) is 6.36. The third kappa shape index (κ3) is 5.76. The molecule has 0 spiro atoms. The summed E-state index contributed by atoms with van der Waals surface area (Å²) in [6.07, 6.45) is 4.01. The maximum Gasteiger partial charge on any atom is 0.308 e. The molecule has 1 aliphatic carbocycles. The molecule has 190 valence electrons. The summed E-state index contributed by atoms with van der Waals surface area (Å²) in [5.74, 6) is 2.33. The summed E-state index contributed by atoms with van der Waals surface area (Å²) in [6.45, 7) is 10.3. The van der Waals surface area contributed by atoms with Gasteiger partial charge in [-0.15, -0.1) is 5.53 Å². The Kier molecular flexibility index (Phi) is 7.61. The molecule has 1 fully saturated rings. The van der Waals surface area contributed by atoms with Gasteiger partial charge in [-0.1, -0.05) is 18.2 Å². The Morgan fingerprint density at radius 2 is 1.80 bits per heavy atom. The third-order valence-corrected chi connectivity index (χ3v) is 6.36. The first-order valence-corrected chi connectivity index (χ1v) is 12.5. The molecule has 1 aliphatic heterocycles. The number of esters is 1. The first kappa shape index (κ1) is 25.0. The second kappa shape index (κ2) is 10.7. The number of hydrogen-bond donors (Lipinski definition) is 4. The zero-order valence-electron chi connectivity index (χ0n) is 21.3. The number of nitrogens with one attached hydrogen (secondary N) is 3. The highest BCUT2D eigenvalue weighted by molar-refractivity contribution is 5.83. The Morgan fingerprint density at radius 3 is 2.46 bits per heavy atom. The van der Waals surface area contributed by atoms with Crippen molar-refractivity contribution in [2.24, 2.45) is 5.73 Å². The fourth-order valence-corrected chi connectivity index (χ4v) is 4.50. The molecule has 1 saturated carbocycles. The SMILES string of the molecule is CC(=O)Oc1ccccc1CNc1nc(NC2CCC(N)CC2)nc2c1N(C(C)C)NN2C(C)C. The maximum atomic E-state index is 11.6. The van der Waals surface area contributed by atoms with Gasteiger partial charge in [0.25, 0.3) is 0 Å². The number of anilines is 4. The number of hydrogen-bond acceptors (Lipinski definition) is 10. The molecular weight excluding hydrogens is 444 g/mol. The molecule has 2 heterocycles. The molecule has 4 rings (SSSR count). The molecule has 10 heteroatoms. The molecule has 2 aliphatic rings. The first-order valence-electron chi connectivity index (χ1n) is 12.5. The monoisotopic (exact) mass is 482 g/mol. The van der Waals surface area contributed by atoms with Crippen LogP contribution in [0.2, 0.25) is 0 Å². The quantitative estimate of drug-likeness (QED) is 0.328. The van der Waals surface area contributed by atoms with Crippen LogP contribution in [0.3, 0.4) is 0 Å². The Bertz CT molecular complexity index is 1040. The lowest BCUT2D eigenvalue weighted by Gasteiger charge is -2.27. The van der Waals surface area contributed by atoms with Gasteiger partial charge in [0.15, 0.2) is 11.6 Å². The van der Waals surface area contributed by atoms with Crippen LogP contribution in [0.25, 0.3) is 0 Å². The van der Waals surface area contributed by atoms with Crippen molar-refractivity contribution < 1.29 is 9.53 Å². The molecule has 0 bridgehead atoms. The number of ether oxygens (including phenoxy) is 1. The molecule has 5 N–H and O–H groups in total. The molecule has 2 aromatic rings. The van der Waals surface area contributed by atoms with Crippen LogP contribution in [-0.2, 0) is 11.3 Å². The second-order valence-corrected chi connectivity index (χ2v) is 9.91. The lowest BCUT2D eigenvalue weighted by atomic mass is 9.92. The van der Waals surface area contributed by atoms with Gasteiger partial charge in [-0.25, -0.2) is 0 Å². The van der Waals surface area contributed by atoms with Gasteiger partial charge in [0.1, 0.15) is 11.4 Å². The maximum absolute atomic E-state index is 11.6. The second-order valence-electron chi connectivity index (χ2n) is 9.91. The summed E-state index contributed by atoms with van der Waals surface area (Å²) in [5.41, 5.74) is 11.3. The van der Waals surface area contributed by atoms with Crippen molar-refractivity contribution in [2.75, 3.05) is 20.7 Å². The fraction of sp³-hybridized carbons (Fsp3) is 0.560. The van der Waals surface area contributed by atoms with E-state index in [0.717, 1.165) is 42.8 Å². The number of hydrazine groups is 2. The summed E-state index contributed by atoms with van der Waals surface area (Å²) in [6, 6.07) is 8.46. The number of benzene rings is 1. The summed E-state index contributed by atoms with van der Waals surface area (Å²) in [5, 5.41) is 11.2. The van der Waals surface area contributed by atoms with Crippen molar-refractivity contribution in [2.45, 2.75) is 91.0 Å². The minimum atomic E-state index is -0.346. The van der Waals surface area contributed by atoms with Crippen molar-refractivity contribution in [3.8, 4) is 5.75 Å². The topological polar surface area (TPSA) is 121 Å². The number of nitrogens with zero attached hydrogens (tertiary/aromatic N) is 4. The van der Waals surface area contributed by atoms with Crippen LogP contribution >= 0.6 is 0 Å². The van der Waals surface area contributed by atoms with Gasteiger partial charge in [0, 0.05) is 43.2 Å². The number of carbonyl (C=O) groups is 1. The number of fused-ring (bicyclic) bond motifs is 1. The van der Waals surface area contributed by atoms with Gasteiger partial charge in [-0.2, -0.15) is 9.97 Å². The van der Waals surface area contributed by atoms with E-state index < -0.39 is 0 Å². The molecule has 0 atom stereocenters. The summed E-state index contributed by atoms with van der Waals surface area (Å²) in [7, 11) is 0. The number of aromatic nitrogens is 2. The van der Waals surface area contributed by atoms with E-state index in [-0.39, 0.29) is 24.1 Å². The highest BCUT2D eigenvalue weighted by Crippen LogP contribution is 2.40. The van der Waals surface area contributed by atoms with Gasteiger partial charge >= 0.3 is 5.97 Å². The van der Waals surface area contributed by atoms with E-state index in [4.69, 9.17) is 20.4 Å². The van der Waals surface area contributed by atoms with Crippen molar-refractivity contribution in [3.05, 3.63) is 29.8 Å². The largest absolute Gasteiger partial charge is 0.426 e. The lowest BCUT2D eigenvalue weighted by molar-refractivity contribution is -0.131. The average molecular weight is 483 g/mol. The van der Waals surface area contributed by atoms with Crippen molar-refractivity contribution in [1.82, 2.24) is 15.5 Å². The van der Waals surface area contributed by atoms with E-state index >= 15 is 0 Å². The van der Waals surface area contributed by atoms with Crippen LogP contribution in [0.1, 0.15) is 65.9 Å². The number of para-hydroxylation sites is 1. The molecule has 10 nitrogen and oxygen atoms in total. The van der Waals surface area contributed by atoms with E-state index in [1.54, 1.807) is 6.07 Å². The normalized spacial score (nSPS) is 19.8. The lowest BCUT2D eigenvalue weighted by Crippen LogP contribution is -2.50. The number of rotatable bonds is 8. The Morgan fingerprint density at radius 1 is 1.11 bits per heavy atom. The molecule has 35 heavy (non-hydrogen) atoms. The smallest absolute Gasteiger partial charge is 0.308 e. The highest BCUT2D eigenvalue weighted by atomic mass is 16.5. The van der Waals surface area contributed by atoms with E-state index in [1.165, 1.54) is 6.92 Å². The van der Waals surface area contributed by atoms with Crippen molar-refractivity contribution >= 4 is 29.2 Å². The van der Waals surface area contributed by atoms with Crippen LogP contribution in [0.4, 0.5) is 23.3 Å². The Balaban J connectivity index is 1.67. The van der Waals surface area contributed by atoms with Gasteiger partial charge < -0.3 is 21.1 Å². The van der Waals surface area contributed by atoms with E-state index in [1.807, 2.05) is 18.2 Å². The molecule has 0 saturated heterocycles. The molecule has 0 unspecified atom stereocenters. The summed E-state index contributed by atoms with van der Waals surface area (Å²) >= 11 is 0. The van der Waals surface area contributed by atoms with E-state index in [0.29, 0.717) is 30.1 Å². The predicted octanol–water partition coefficient (Wildman–Crippen LogP) is 3.56. The van der Waals surface area contributed by atoms with Crippen LogP contribution < -0.4 is 36.7 Å². The molecule has 1 aromatic carbocycles. The fourth-order valence-electron chi connectivity index (χ4n) is 4.50. The Labute approximate surface area is 207 Å². The highest BCUT2D eigenvalue weighted by Gasteiger charge is 2.35. The zero-order valence-corrected chi connectivity index (χ0v) is 21.3. The zero-order chi connectivity index (χ0) is 25.1. The van der Waals surface area contributed by atoms with Gasteiger partial charge in [0.05, 0.1) is 0 Å². The number of carbonyl (C=O) groups excluding carboxylic acids is 1. The summed E-state index contributed by atoms with van der Waals surface area (Å²) in [4.78, 5) is 21.4. The standard InChI is InChI=1S/C25H38N8O2/c1-15(2)32-22-23(27-14-18-8-6-7-9-21(18)35-17(5)34)29-25(28-20-12-10-19(26)11-13-20)30-24(22)33(31-32)16(3)4/h6-9,15-16,19-20,31H,10-14,26H2,1-5H3,(H2,27,28,29,30). The first-order chi connectivity index (χ1) is 16.7. The average Bonchev–Trinajstić information content (AvgIpc) is 3.20. The summed E-state index contributed by atoms with van der Waals surface area (Å²) < 4.78 is 5.40. The molecule has 0 radical (unpaired) electrons. The van der Waals surface area contributed by atoms with Gasteiger partial charge in [0.2, 0.25) is 5.95 Å². The molecular formula is C25H38N8O2. The molecule has 1 aromatic heterocycles. The number of nitrogens with two attached hydrogens (primary N) is 1. The predicted molar refractivity (Wildman–Crippen MR) is 139 cm³/mol. The van der Waals surface area contributed by atoms with Crippen molar-refractivity contribution in [1.29, 1.82) is 0 Å². The van der Waals surface area contributed by atoms with Crippen LogP contribution in [0.5, 0.6) is 5.75 Å². The minimum Gasteiger partial charge on any atom is -0.426 e. The van der Waals surface area contributed by atoms with Crippen LogP contribution in [0, 0.1) is 0 Å². The van der Waals surface area contributed by atoms with Crippen LogP contribution in [0.15, 0.2) is 24.3 Å². The van der Waals surface area contributed by atoms with Gasteiger partial charge in [-0.05, 0) is 59.4 Å². The van der Waals surface area contributed by atoms with Crippen molar-refractivity contribution in [3.63, 3.8) is 0 Å².